The van der Waals surface area contributed by atoms with Crippen LogP contribution in [0.2, 0.25) is 0 Å². The molecule has 0 spiro atoms. The van der Waals surface area contributed by atoms with Crippen molar-refractivity contribution in [3.05, 3.63) is 66.7 Å². The van der Waals surface area contributed by atoms with Crippen molar-refractivity contribution in [2.75, 3.05) is 7.11 Å². The zero-order valence-electron chi connectivity index (χ0n) is 15.2. The molecular weight excluding hydrogens is 372 g/mol. The second-order valence-electron chi connectivity index (χ2n) is 6.33. The van der Waals surface area contributed by atoms with E-state index < -0.39 is 5.97 Å². The number of carbonyl (C=O) groups excluding carboxylic acids is 1. The molecule has 5 aromatic rings. The van der Waals surface area contributed by atoms with Crippen LogP contribution in [0, 0.1) is 0 Å². The third-order valence-electron chi connectivity index (χ3n) is 4.69. The van der Waals surface area contributed by atoms with E-state index in [1.54, 1.807) is 16.8 Å². The molecule has 0 saturated carbocycles. The second-order valence-corrected chi connectivity index (χ2v) is 6.33. The number of carbonyl (C=O) groups is 1. The molecule has 142 valence electrons. The van der Waals surface area contributed by atoms with Gasteiger partial charge in [-0.2, -0.15) is 5.10 Å². The van der Waals surface area contributed by atoms with Crippen molar-refractivity contribution in [3.8, 4) is 22.7 Å². The Morgan fingerprint density at radius 1 is 1.10 bits per heavy atom. The lowest BCUT2D eigenvalue weighted by Gasteiger charge is -2.10. The number of nitrogens with zero attached hydrogens (tertiary/aromatic N) is 6. The topological polar surface area (TPSA) is 107 Å². The SMILES string of the molecule is COC(=O)c1c(O)c2ccc(-c3cn(-c4ccccc4)nn3)cc2c2ncnn12. The van der Waals surface area contributed by atoms with E-state index in [1.807, 2.05) is 42.6 Å². The van der Waals surface area contributed by atoms with Crippen LogP contribution >= 0.6 is 0 Å². The standard InChI is InChI=1S/C20H14N6O3/c1-29-20(28)17-18(27)14-8-7-12(9-15(14)19-21-11-22-26(17)19)16-10-25(24-23-16)13-5-3-2-4-6-13/h2-11,27H,1H3. The fourth-order valence-corrected chi connectivity index (χ4v) is 3.29. The fourth-order valence-electron chi connectivity index (χ4n) is 3.29. The highest BCUT2D eigenvalue weighted by molar-refractivity contribution is 6.06. The maximum absolute atomic E-state index is 12.1. The van der Waals surface area contributed by atoms with Gasteiger partial charge in [-0.1, -0.05) is 29.5 Å². The largest absolute Gasteiger partial charge is 0.505 e. The summed E-state index contributed by atoms with van der Waals surface area (Å²) < 4.78 is 7.73. The zero-order valence-corrected chi connectivity index (χ0v) is 15.2. The minimum atomic E-state index is -0.699. The summed E-state index contributed by atoms with van der Waals surface area (Å²) in [5, 5.41) is 24.2. The van der Waals surface area contributed by atoms with Crippen LogP contribution in [0.5, 0.6) is 5.75 Å². The first-order valence-corrected chi connectivity index (χ1v) is 8.72. The first-order valence-electron chi connectivity index (χ1n) is 8.72. The Kier molecular flexibility index (Phi) is 3.73. The number of esters is 1. The van der Waals surface area contributed by atoms with Crippen LogP contribution in [0.1, 0.15) is 10.5 Å². The van der Waals surface area contributed by atoms with E-state index in [2.05, 4.69) is 20.4 Å². The molecule has 0 fully saturated rings. The summed E-state index contributed by atoms with van der Waals surface area (Å²) in [7, 11) is 1.24. The van der Waals surface area contributed by atoms with Gasteiger partial charge < -0.3 is 9.84 Å². The molecule has 0 aliphatic heterocycles. The number of hydrogen-bond donors (Lipinski definition) is 1. The van der Waals surface area contributed by atoms with Crippen LogP contribution in [0.25, 0.3) is 33.4 Å². The number of para-hydroxylation sites is 1. The fraction of sp³-hybridized carbons (Fsp3) is 0.0500. The van der Waals surface area contributed by atoms with Gasteiger partial charge in [-0.05, 0) is 24.3 Å². The van der Waals surface area contributed by atoms with Crippen LogP contribution < -0.4 is 0 Å². The Bertz CT molecular complexity index is 1370. The van der Waals surface area contributed by atoms with Crippen LogP contribution in [0.4, 0.5) is 0 Å². The highest BCUT2D eigenvalue weighted by atomic mass is 16.5. The first kappa shape index (κ1) is 16.9. The number of aromatic hydroxyl groups is 1. The Balaban J connectivity index is 1.69. The Morgan fingerprint density at radius 3 is 2.72 bits per heavy atom. The molecule has 29 heavy (non-hydrogen) atoms. The summed E-state index contributed by atoms with van der Waals surface area (Å²) >= 11 is 0. The average Bonchev–Trinajstić information content (AvgIpc) is 3.44. The highest BCUT2D eigenvalue weighted by Crippen LogP contribution is 2.34. The van der Waals surface area contributed by atoms with Gasteiger partial charge in [0.2, 0.25) is 0 Å². The van der Waals surface area contributed by atoms with Gasteiger partial charge in [0.05, 0.1) is 19.0 Å². The van der Waals surface area contributed by atoms with Gasteiger partial charge in [0.25, 0.3) is 0 Å². The molecule has 9 heteroatoms. The Hall–Kier alpha value is -4.27. The van der Waals surface area contributed by atoms with Gasteiger partial charge in [0.1, 0.15) is 12.0 Å². The molecule has 0 bridgehead atoms. The molecule has 0 saturated heterocycles. The number of hydrogen-bond acceptors (Lipinski definition) is 7. The van der Waals surface area contributed by atoms with Gasteiger partial charge in [0, 0.05) is 16.3 Å². The molecule has 0 amide bonds. The number of benzene rings is 2. The summed E-state index contributed by atoms with van der Waals surface area (Å²) in [6, 6.07) is 15.0. The molecule has 2 aromatic carbocycles. The quantitative estimate of drug-likeness (QED) is 0.475. The van der Waals surface area contributed by atoms with Gasteiger partial charge in [-0.3, -0.25) is 0 Å². The van der Waals surface area contributed by atoms with Crippen LogP contribution in [0.3, 0.4) is 0 Å². The molecule has 9 nitrogen and oxygen atoms in total. The number of fused-ring (bicyclic) bond motifs is 3. The number of methoxy groups -OCH3 is 1. The van der Waals surface area contributed by atoms with Crippen molar-refractivity contribution in [1.82, 2.24) is 29.6 Å². The van der Waals surface area contributed by atoms with Crippen LogP contribution in [-0.2, 0) is 4.74 Å². The molecule has 0 radical (unpaired) electrons. The third kappa shape index (κ3) is 2.59. The Labute approximate surface area is 163 Å². The van der Waals surface area contributed by atoms with Crippen LogP contribution in [-0.4, -0.2) is 47.8 Å². The predicted molar refractivity (Wildman–Crippen MR) is 104 cm³/mol. The second kappa shape index (κ2) is 6.41. The van der Waals surface area contributed by atoms with Gasteiger partial charge in [0.15, 0.2) is 17.1 Å². The zero-order chi connectivity index (χ0) is 20.0. The summed E-state index contributed by atoms with van der Waals surface area (Å²) in [6.45, 7) is 0. The van der Waals surface area contributed by atoms with Crippen molar-refractivity contribution >= 4 is 22.4 Å². The van der Waals surface area contributed by atoms with Crippen molar-refractivity contribution < 1.29 is 14.6 Å². The smallest absolute Gasteiger partial charge is 0.360 e. The van der Waals surface area contributed by atoms with E-state index in [4.69, 9.17) is 4.74 Å². The molecule has 0 atom stereocenters. The molecular formula is C20H14N6O3. The average molecular weight is 386 g/mol. The summed E-state index contributed by atoms with van der Waals surface area (Å²) in [5.41, 5.74) is 2.69. The van der Waals surface area contributed by atoms with Crippen molar-refractivity contribution in [2.45, 2.75) is 0 Å². The van der Waals surface area contributed by atoms with E-state index in [9.17, 15) is 9.90 Å². The number of rotatable bonds is 3. The molecule has 0 aliphatic rings. The Morgan fingerprint density at radius 2 is 1.93 bits per heavy atom. The third-order valence-corrected chi connectivity index (χ3v) is 4.69. The maximum atomic E-state index is 12.1. The van der Waals surface area contributed by atoms with Crippen molar-refractivity contribution in [2.24, 2.45) is 0 Å². The summed E-state index contributed by atoms with van der Waals surface area (Å²) in [6.07, 6.45) is 3.14. The monoisotopic (exact) mass is 386 g/mol. The molecule has 5 rings (SSSR count). The summed E-state index contributed by atoms with van der Waals surface area (Å²) in [4.78, 5) is 16.4. The van der Waals surface area contributed by atoms with Crippen LogP contribution in [0.15, 0.2) is 61.1 Å². The molecule has 3 heterocycles. The number of ether oxygens (including phenoxy) is 1. The number of aromatic nitrogens is 6. The lowest BCUT2D eigenvalue weighted by molar-refractivity contribution is 0.0587. The van der Waals surface area contributed by atoms with E-state index >= 15 is 0 Å². The van der Waals surface area contributed by atoms with E-state index in [-0.39, 0.29) is 11.4 Å². The first-order chi connectivity index (χ1) is 14.2. The maximum Gasteiger partial charge on any atom is 0.360 e. The molecule has 1 N–H and O–H groups in total. The van der Waals surface area contributed by atoms with Gasteiger partial charge >= 0.3 is 5.97 Å². The van der Waals surface area contributed by atoms with Crippen molar-refractivity contribution in [1.29, 1.82) is 0 Å². The van der Waals surface area contributed by atoms with E-state index in [0.29, 0.717) is 22.1 Å². The van der Waals surface area contributed by atoms with E-state index in [1.165, 1.54) is 18.0 Å². The van der Waals surface area contributed by atoms with Crippen molar-refractivity contribution in [3.63, 3.8) is 0 Å². The lowest BCUT2D eigenvalue weighted by atomic mass is 10.0. The minimum Gasteiger partial charge on any atom is -0.505 e. The van der Waals surface area contributed by atoms with Gasteiger partial charge in [-0.15, -0.1) is 5.10 Å². The number of pyridine rings is 1. The normalized spacial score (nSPS) is 11.2. The predicted octanol–water partition coefficient (Wildman–Crippen LogP) is 2.62. The molecule has 0 aliphatic carbocycles. The van der Waals surface area contributed by atoms with E-state index in [0.717, 1.165) is 11.3 Å². The molecule has 3 aromatic heterocycles. The summed E-state index contributed by atoms with van der Waals surface area (Å²) in [5.74, 6) is -0.917. The lowest BCUT2D eigenvalue weighted by Crippen LogP contribution is -2.10. The van der Waals surface area contributed by atoms with Gasteiger partial charge in [-0.25, -0.2) is 19.0 Å². The minimum absolute atomic E-state index is 0.0738. The molecule has 0 unspecified atom stereocenters. The highest BCUT2D eigenvalue weighted by Gasteiger charge is 2.22.